The molecule has 1 N–H and O–H groups in total. The maximum Gasteiger partial charge on any atom is 0.225 e. The molecule has 1 atom stereocenters. The van der Waals surface area contributed by atoms with Crippen LogP contribution in [0.3, 0.4) is 0 Å². The van der Waals surface area contributed by atoms with E-state index < -0.39 is 0 Å². The van der Waals surface area contributed by atoms with Gasteiger partial charge in [0.1, 0.15) is 0 Å². The average Bonchev–Trinajstić information content (AvgIpc) is 2.73. The highest BCUT2D eigenvalue weighted by Crippen LogP contribution is 2.39. The Morgan fingerprint density at radius 3 is 2.68 bits per heavy atom. The minimum Gasteiger partial charge on any atom is -0.493 e. The maximum absolute atomic E-state index is 12.3. The van der Waals surface area contributed by atoms with Gasteiger partial charge in [0.05, 0.1) is 30.4 Å². The van der Waals surface area contributed by atoms with E-state index >= 15 is 0 Å². The summed E-state index contributed by atoms with van der Waals surface area (Å²) in [7, 11) is 1.58. The number of hydrogen-bond donors (Lipinski definition) is 1. The van der Waals surface area contributed by atoms with Crippen molar-refractivity contribution in [2.24, 2.45) is 0 Å². The maximum atomic E-state index is 12.3. The molecule has 1 aliphatic heterocycles. The molecule has 3 rings (SSSR count). The summed E-state index contributed by atoms with van der Waals surface area (Å²) in [6, 6.07) is 17.9. The van der Waals surface area contributed by atoms with E-state index in [0.29, 0.717) is 34.5 Å². The van der Waals surface area contributed by atoms with E-state index in [2.05, 4.69) is 11.4 Å². The lowest BCUT2D eigenvalue weighted by atomic mass is 9.87. The van der Waals surface area contributed by atoms with Gasteiger partial charge in [-0.25, -0.2) is 0 Å². The number of rotatable bonds is 7. The van der Waals surface area contributed by atoms with E-state index in [0.717, 1.165) is 11.1 Å². The summed E-state index contributed by atoms with van der Waals surface area (Å²) < 4.78 is 11.0. The van der Waals surface area contributed by atoms with E-state index in [9.17, 15) is 10.1 Å². The predicted octanol–water partition coefficient (Wildman–Crippen LogP) is 4.37. The second-order valence-electron chi connectivity index (χ2n) is 6.28. The molecule has 0 saturated carbocycles. The van der Waals surface area contributed by atoms with Crippen molar-refractivity contribution in [1.82, 2.24) is 5.32 Å². The molecule has 0 spiro atoms. The fourth-order valence-electron chi connectivity index (χ4n) is 3.12. The Hall–Kier alpha value is -2.91. The largest absolute Gasteiger partial charge is 0.493 e. The lowest BCUT2D eigenvalue weighted by Gasteiger charge is -2.25. The molecule has 1 aliphatic rings. The first kappa shape index (κ1) is 19.8. The number of methoxy groups -OCH3 is 1. The third-order valence-electron chi connectivity index (χ3n) is 4.47. The first-order valence-corrected chi connectivity index (χ1v) is 10.1. The summed E-state index contributed by atoms with van der Waals surface area (Å²) in [6.07, 6.45) is 0.232. The van der Waals surface area contributed by atoms with Crippen LogP contribution in [-0.2, 0) is 10.5 Å². The highest BCUT2D eigenvalue weighted by atomic mass is 32.2. The third kappa shape index (κ3) is 4.49. The van der Waals surface area contributed by atoms with Crippen LogP contribution in [-0.4, -0.2) is 19.6 Å². The molecule has 0 bridgehead atoms. The quantitative estimate of drug-likeness (QED) is 0.755. The zero-order chi connectivity index (χ0) is 19.9. The number of hydrogen-bond acceptors (Lipinski definition) is 5. The molecule has 144 valence electrons. The molecule has 2 aromatic carbocycles. The molecular formula is C22H22N2O3S. The summed E-state index contributed by atoms with van der Waals surface area (Å²) in [5.74, 6) is 1.53. The first-order chi connectivity index (χ1) is 13.7. The van der Waals surface area contributed by atoms with Gasteiger partial charge in [0.25, 0.3) is 0 Å². The predicted molar refractivity (Wildman–Crippen MR) is 110 cm³/mol. The molecule has 6 heteroatoms. The molecule has 1 unspecified atom stereocenters. The Balaban J connectivity index is 1.91. The Bertz CT molecular complexity index is 919. The summed E-state index contributed by atoms with van der Waals surface area (Å²) in [5, 5.41) is 13.3. The fraction of sp³-hybridized carbons (Fsp3) is 0.273. The monoisotopic (exact) mass is 394 g/mol. The summed E-state index contributed by atoms with van der Waals surface area (Å²) in [4.78, 5) is 12.3. The number of carbonyl (C=O) groups is 1. The van der Waals surface area contributed by atoms with Crippen molar-refractivity contribution in [3.63, 3.8) is 0 Å². The second-order valence-corrected chi connectivity index (χ2v) is 7.26. The van der Waals surface area contributed by atoms with Gasteiger partial charge in [-0.15, -0.1) is 11.8 Å². The van der Waals surface area contributed by atoms with Crippen molar-refractivity contribution >= 4 is 17.7 Å². The van der Waals surface area contributed by atoms with Crippen LogP contribution in [0.5, 0.6) is 11.5 Å². The van der Waals surface area contributed by atoms with Crippen LogP contribution in [0.2, 0.25) is 0 Å². The van der Waals surface area contributed by atoms with Gasteiger partial charge in [-0.3, -0.25) is 4.79 Å². The highest BCUT2D eigenvalue weighted by molar-refractivity contribution is 8.02. The number of carbonyl (C=O) groups excluding carboxylic acids is 1. The molecule has 28 heavy (non-hydrogen) atoms. The summed E-state index contributed by atoms with van der Waals surface area (Å²) in [5.41, 5.74) is 2.58. The topological polar surface area (TPSA) is 71.3 Å². The van der Waals surface area contributed by atoms with Crippen LogP contribution in [0.1, 0.15) is 30.4 Å². The smallest absolute Gasteiger partial charge is 0.225 e. The molecule has 2 aromatic rings. The van der Waals surface area contributed by atoms with Gasteiger partial charge < -0.3 is 14.8 Å². The third-order valence-corrected chi connectivity index (χ3v) is 5.56. The number of ether oxygens (including phenoxy) is 2. The lowest BCUT2D eigenvalue weighted by Crippen LogP contribution is -2.30. The van der Waals surface area contributed by atoms with E-state index in [1.54, 1.807) is 7.11 Å². The van der Waals surface area contributed by atoms with Crippen molar-refractivity contribution < 1.29 is 14.3 Å². The average molecular weight is 394 g/mol. The Morgan fingerprint density at radius 2 is 2.00 bits per heavy atom. The standard InChI is InChI=1S/C22H22N2O3S/c1-3-27-19-10-9-16(11-20(19)26-2)17-12-21(25)24-22(18(17)13-23)28-14-15-7-5-4-6-8-15/h4-11,17H,3,12,14H2,1-2H3,(H,24,25). The molecule has 0 radical (unpaired) electrons. The summed E-state index contributed by atoms with van der Waals surface area (Å²) in [6.45, 7) is 2.44. The highest BCUT2D eigenvalue weighted by Gasteiger charge is 2.30. The molecule has 5 nitrogen and oxygen atoms in total. The van der Waals surface area contributed by atoms with Gasteiger partial charge in [-0.1, -0.05) is 36.4 Å². The van der Waals surface area contributed by atoms with E-state index in [1.807, 2.05) is 55.5 Å². The Labute approximate surface area is 169 Å². The van der Waals surface area contributed by atoms with Crippen molar-refractivity contribution in [1.29, 1.82) is 5.26 Å². The van der Waals surface area contributed by atoms with Crippen LogP contribution in [0, 0.1) is 11.3 Å². The van der Waals surface area contributed by atoms with Crippen LogP contribution in [0.4, 0.5) is 0 Å². The lowest BCUT2D eigenvalue weighted by molar-refractivity contribution is -0.120. The van der Waals surface area contributed by atoms with Gasteiger partial charge in [0, 0.05) is 18.1 Å². The van der Waals surface area contributed by atoms with Gasteiger partial charge in [-0.05, 0) is 30.2 Å². The zero-order valence-electron chi connectivity index (χ0n) is 15.9. The number of nitrogens with one attached hydrogen (secondary N) is 1. The number of amides is 1. The summed E-state index contributed by atoms with van der Waals surface area (Å²) >= 11 is 1.48. The minimum atomic E-state index is -0.304. The fourth-order valence-corrected chi connectivity index (χ4v) is 4.16. The molecule has 0 aliphatic carbocycles. The number of nitrogens with zero attached hydrogens (tertiary/aromatic N) is 1. The number of nitriles is 1. The van der Waals surface area contributed by atoms with Crippen molar-refractivity contribution in [2.75, 3.05) is 13.7 Å². The second kappa shape index (κ2) is 9.34. The number of allylic oxidation sites excluding steroid dienone is 1. The molecule has 0 fully saturated rings. The van der Waals surface area contributed by atoms with Crippen molar-refractivity contribution in [3.8, 4) is 17.6 Å². The number of thioether (sulfide) groups is 1. The van der Waals surface area contributed by atoms with Crippen molar-refractivity contribution in [3.05, 3.63) is 70.3 Å². The minimum absolute atomic E-state index is 0.0904. The molecule has 1 amide bonds. The van der Waals surface area contributed by atoms with Gasteiger partial charge >= 0.3 is 0 Å². The van der Waals surface area contributed by atoms with Gasteiger partial charge in [0.15, 0.2) is 11.5 Å². The van der Waals surface area contributed by atoms with E-state index in [1.165, 1.54) is 11.8 Å². The number of benzene rings is 2. The van der Waals surface area contributed by atoms with Gasteiger partial charge in [-0.2, -0.15) is 5.26 Å². The van der Waals surface area contributed by atoms with Crippen LogP contribution in [0.15, 0.2) is 59.1 Å². The normalized spacial score (nSPS) is 16.3. The SMILES string of the molecule is CCOc1ccc(C2CC(=O)NC(SCc3ccccc3)=C2C#N)cc1OC. The zero-order valence-corrected chi connectivity index (χ0v) is 16.7. The van der Waals surface area contributed by atoms with Crippen LogP contribution < -0.4 is 14.8 Å². The van der Waals surface area contributed by atoms with E-state index in [-0.39, 0.29) is 18.2 Å². The van der Waals surface area contributed by atoms with Crippen LogP contribution >= 0.6 is 11.8 Å². The Morgan fingerprint density at radius 1 is 1.21 bits per heavy atom. The molecular weight excluding hydrogens is 372 g/mol. The van der Waals surface area contributed by atoms with Crippen molar-refractivity contribution in [2.45, 2.75) is 25.0 Å². The molecule has 0 saturated heterocycles. The Kier molecular flexibility index (Phi) is 6.62. The first-order valence-electron chi connectivity index (χ1n) is 9.07. The van der Waals surface area contributed by atoms with E-state index in [4.69, 9.17) is 9.47 Å². The molecule has 0 aromatic heterocycles. The molecule has 1 heterocycles. The van der Waals surface area contributed by atoms with Gasteiger partial charge in [0.2, 0.25) is 5.91 Å². The van der Waals surface area contributed by atoms with Crippen LogP contribution in [0.25, 0.3) is 0 Å².